The average molecular weight is 280 g/mol. The Hall–Kier alpha value is -0.620. The lowest BCUT2D eigenvalue weighted by Gasteiger charge is -2.05. The van der Waals surface area contributed by atoms with Crippen molar-refractivity contribution in [3.8, 4) is 0 Å². The Balaban J connectivity index is 3.38. The topological polar surface area (TPSA) is 80.7 Å². The zero-order valence-electron chi connectivity index (χ0n) is 11.2. The number of esters is 1. The summed E-state index contributed by atoms with van der Waals surface area (Å²) < 4.78 is 33.8. The van der Waals surface area contributed by atoms with Gasteiger partial charge in [0.1, 0.15) is 12.4 Å². The summed E-state index contributed by atoms with van der Waals surface area (Å²) in [5, 5.41) is 0. The van der Waals surface area contributed by atoms with Crippen molar-refractivity contribution in [2.24, 2.45) is 5.92 Å². The Morgan fingerprint density at radius 3 is 2.33 bits per heavy atom. The SMILES string of the molecule is CC(C)CCCCCCC(=O)OCCS(=O)(=O)O. The number of hydrogen-bond donors (Lipinski definition) is 1. The third kappa shape index (κ3) is 13.4. The van der Waals surface area contributed by atoms with E-state index in [4.69, 9.17) is 4.55 Å². The fourth-order valence-electron chi connectivity index (χ4n) is 1.51. The summed E-state index contributed by atoms with van der Waals surface area (Å²) in [6.45, 7) is 4.10. The molecule has 108 valence electrons. The van der Waals surface area contributed by atoms with Gasteiger partial charge in [0.2, 0.25) is 0 Å². The van der Waals surface area contributed by atoms with Crippen molar-refractivity contribution in [2.75, 3.05) is 12.4 Å². The van der Waals surface area contributed by atoms with Gasteiger partial charge < -0.3 is 4.74 Å². The minimum absolute atomic E-state index is 0.273. The molecule has 6 heteroatoms. The van der Waals surface area contributed by atoms with Crippen LogP contribution >= 0.6 is 0 Å². The molecule has 0 aliphatic rings. The Labute approximate surface area is 110 Å². The first-order chi connectivity index (χ1) is 8.31. The van der Waals surface area contributed by atoms with Crippen molar-refractivity contribution in [3.63, 3.8) is 0 Å². The van der Waals surface area contributed by atoms with Gasteiger partial charge in [0, 0.05) is 6.42 Å². The molecule has 0 spiro atoms. The van der Waals surface area contributed by atoms with Crippen molar-refractivity contribution in [3.05, 3.63) is 0 Å². The van der Waals surface area contributed by atoms with E-state index < -0.39 is 21.8 Å². The van der Waals surface area contributed by atoms with Gasteiger partial charge in [-0.2, -0.15) is 8.42 Å². The second-order valence-electron chi connectivity index (χ2n) is 4.85. The molecule has 0 saturated heterocycles. The zero-order chi connectivity index (χ0) is 14.0. The molecule has 18 heavy (non-hydrogen) atoms. The third-order valence-corrected chi connectivity index (χ3v) is 3.20. The molecule has 0 radical (unpaired) electrons. The van der Waals surface area contributed by atoms with Gasteiger partial charge >= 0.3 is 5.97 Å². The molecule has 0 unspecified atom stereocenters. The fourth-order valence-corrected chi connectivity index (χ4v) is 1.80. The maximum Gasteiger partial charge on any atom is 0.305 e. The van der Waals surface area contributed by atoms with Gasteiger partial charge in [0.25, 0.3) is 10.1 Å². The summed E-state index contributed by atoms with van der Waals surface area (Å²) in [6.07, 6.45) is 5.56. The van der Waals surface area contributed by atoms with Crippen molar-refractivity contribution >= 4 is 16.1 Å². The summed E-state index contributed by atoms with van der Waals surface area (Å²) in [5.74, 6) is -0.217. The lowest BCUT2D eigenvalue weighted by Crippen LogP contribution is -2.14. The minimum atomic E-state index is -4.04. The standard InChI is InChI=1S/C12H24O5S/c1-11(2)7-5-3-4-6-8-12(13)17-9-10-18(14,15)16/h11H,3-10H2,1-2H3,(H,14,15,16). The molecule has 0 aromatic heterocycles. The largest absolute Gasteiger partial charge is 0.464 e. The quantitative estimate of drug-likeness (QED) is 0.377. The van der Waals surface area contributed by atoms with E-state index in [1.807, 2.05) is 0 Å². The Kier molecular flexibility index (Phi) is 9.01. The second-order valence-corrected chi connectivity index (χ2v) is 6.43. The number of rotatable bonds is 10. The molecule has 1 N–H and O–H groups in total. The third-order valence-electron chi connectivity index (χ3n) is 2.52. The Morgan fingerprint density at radius 1 is 1.17 bits per heavy atom. The lowest BCUT2D eigenvalue weighted by molar-refractivity contribution is -0.143. The molecule has 0 fully saturated rings. The van der Waals surface area contributed by atoms with Gasteiger partial charge in [-0.3, -0.25) is 9.35 Å². The van der Waals surface area contributed by atoms with Gasteiger partial charge in [-0.25, -0.2) is 0 Å². The van der Waals surface area contributed by atoms with Crippen LogP contribution in [0.1, 0.15) is 52.4 Å². The van der Waals surface area contributed by atoms with Gasteiger partial charge in [-0.1, -0.05) is 39.5 Å². The molecule has 5 nitrogen and oxygen atoms in total. The normalized spacial score (nSPS) is 11.8. The van der Waals surface area contributed by atoms with Crippen molar-refractivity contribution in [2.45, 2.75) is 52.4 Å². The van der Waals surface area contributed by atoms with Crippen LogP contribution in [0.5, 0.6) is 0 Å². The van der Waals surface area contributed by atoms with Crippen molar-refractivity contribution in [1.29, 1.82) is 0 Å². The summed E-state index contributed by atoms with van der Waals surface area (Å²) in [7, 11) is -4.04. The smallest absolute Gasteiger partial charge is 0.305 e. The highest BCUT2D eigenvalue weighted by molar-refractivity contribution is 7.85. The Bertz CT molecular complexity index is 321. The van der Waals surface area contributed by atoms with Crippen LogP contribution < -0.4 is 0 Å². The molecule has 0 aromatic rings. The maximum absolute atomic E-state index is 11.2. The first-order valence-electron chi connectivity index (χ1n) is 6.42. The van der Waals surface area contributed by atoms with E-state index in [0.29, 0.717) is 6.42 Å². The van der Waals surface area contributed by atoms with E-state index in [-0.39, 0.29) is 6.61 Å². The molecule has 0 bridgehead atoms. The number of unbranched alkanes of at least 4 members (excludes halogenated alkanes) is 3. The van der Waals surface area contributed by atoms with E-state index in [1.54, 1.807) is 0 Å². The molecule has 0 heterocycles. The highest BCUT2D eigenvalue weighted by Crippen LogP contribution is 2.10. The van der Waals surface area contributed by atoms with Crippen LogP contribution in [0.2, 0.25) is 0 Å². The van der Waals surface area contributed by atoms with Gasteiger partial charge in [0.15, 0.2) is 0 Å². The summed E-state index contributed by atoms with van der Waals surface area (Å²) in [6, 6.07) is 0. The van der Waals surface area contributed by atoms with Gasteiger partial charge in [-0.05, 0) is 12.3 Å². The second kappa shape index (κ2) is 9.33. The molecular formula is C12H24O5S. The summed E-state index contributed by atoms with van der Waals surface area (Å²) in [5.41, 5.74) is 0. The fraction of sp³-hybridized carbons (Fsp3) is 0.917. The van der Waals surface area contributed by atoms with E-state index in [2.05, 4.69) is 18.6 Å². The monoisotopic (exact) mass is 280 g/mol. The lowest BCUT2D eigenvalue weighted by atomic mass is 10.0. The first-order valence-corrected chi connectivity index (χ1v) is 8.03. The van der Waals surface area contributed by atoms with E-state index in [1.165, 1.54) is 12.8 Å². The van der Waals surface area contributed by atoms with Crippen LogP contribution in [-0.4, -0.2) is 31.3 Å². The average Bonchev–Trinajstić information content (AvgIpc) is 2.20. The zero-order valence-corrected chi connectivity index (χ0v) is 12.0. The van der Waals surface area contributed by atoms with Crippen molar-refractivity contribution < 1.29 is 22.5 Å². The first kappa shape index (κ1) is 17.4. The molecule has 0 atom stereocenters. The maximum atomic E-state index is 11.2. The van der Waals surface area contributed by atoms with Crippen molar-refractivity contribution in [1.82, 2.24) is 0 Å². The molecule has 0 aliphatic carbocycles. The van der Waals surface area contributed by atoms with E-state index in [9.17, 15) is 13.2 Å². The summed E-state index contributed by atoms with van der Waals surface area (Å²) >= 11 is 0. The van der Waals surface area contributed by atoms with E-state index in [0.717, 1.165) is 25.2 Å². The molecule has 0 saturated carbocycles. The van der Waals surface area contributed by atoms with Crippen LogP contribution in [-0.2, 0) is 19.6 Å². The highest BCUT2D eigenvalue weighted by atomic mass is 32.2. The van der Waals surface area contributed by atoms with Crippen LogP contribution in [0.25, 0.3) is 0 Å². The van der Waals surface area contributed by atoms with Gasteiger partial charge in [0.05, 0.1) is 0 Å². The van der Waals surface area contributed by atoms with Crippen LogP contribution in [0.4, 0.5) is 0 Å². The van der Waals surface area contributed by atoms with Crippen LogP contribution in [0.3, 0.4) is 0 Å². The van der Waals surface area contributed by atoms with Crippen LogP contribution in [0, 0.1) is 5.92 Å². The predicted molar refractivity (Wildman–Crippen MR) is 69.9 cm³/mol. The molecular weight excluding hydrogens is 256 g/mol. The number of carbonyl (C=O) groups excluding carboxylic acids is 1. The Morgan fingerprint density at radius 2 is 1.78 bits per heavy atom. The number of ether oxygens (including phenoxy) is 1. The molecule has 0 aromatic carbocycles. The van der Waals surface area contributed by atoms with E-state index >= 15 is 0 Å². The molecule has 0 rings (SSSR count). The van der Waals surface area contributed by atoms with Crippen LogP contribution in [0.15, 0.2) is 0 Å². The molecule has 0 amide bonds. The van der Waals surface area contributed by atoms with Gasteiger partial charge in [-0.15, -0.1) is 0 Å². The highest BCUT2D eigenvalue weighted by Gasteiger charge is 2.07. The summed E-state index contributed by atoms with van der Waals surface area (Å²) in [4.78, 5) is 11.2. The number of hydrogen-bond acceptors (Lipinski definition) is 4. The minimum Gasteiger partial charge on any atom is -0.464 e. The predicted octanol–water partition coefficient (Wildman–Crippen LogP) is 2.41. The molecule has 0 aliphatic heterocycles. The number of carbonyl (C=O) groups is 1.